The van der Waals surface area contributed by atoms with Gasteiger partial charge in [0, 0.05) is 6.20 Å². The highest BCUT2D eigenvalue weighted by molar-refractivity contribution is 7.80. The molecule has 1 aliphatic rings. The molecular formula is C5H4N4OS. The molecule has 0 aromatic carbocycles. The molecule has 1 N–H and O–H groups in total. The van der Waals surface area contributed by atoms with Gasteiger partial charge in [-0.15, -0.1) is 10.2 Å². The van der Waals surface area contributed by atoms with Crippen molar-refractivity contribution in [1.29, 1.82) is 0 Å². The van der Waals surface area contributed by atoms with E-state index in [4.69, 9.17) is 4.74 Å². The SMILES string of the molecule is S=C1N=NC(c2ccn[nH]2)O1. The Morgan fingerprint density at radius 2 is 2.55 bits per heavy atom. The molecule has 0 saturated heterocycles. The topological polar surface area (TPSA) is 62.6 Å². The van der Waals surface area contributed by atoms with Crippen LogP contribution in [-0.4, -0.2) is 15.4 Å². The van der Waals surface area contributed by atoms with Crippen molar-refractivity contribution in [3.8, 4) is 0 Å². The van der Waals surface area contributed by atoms with E-state index in [1.807, 2.05) is 0 Å². The molecule has 1 atom stereocenters. The molecule has 0 aliphatic carbocycles. The lowest BCUT2D eigenvalue weighted by atomic mass is 10.4. The van der Waals surface area contributed by atoms with Crippen LogP contribution in [0, 0.1) is 0 Å². The molecule has 11 heavy (non-hydrogen) atoms. The molecule has 0 bridgehead atoms. The zero-order chi connectivity index (χ0) is 7.68. The summed E-state index contributed by atoms with van der Waals surface area (Å²) in [5.74, 6) is 0. The average molecular weight is 168 g/mol. The minimum absolute atomic E-state index is 0.171. The molecule has 1 aliphatic heterocycles. The van der Waals surface area contributed by atoms with Crippen molar-refractivity contribution in [2.24, 2.45) is 10.2 Å². The van der Waals surface area contributed by atoms with Crippen LogP contribution in [0.3, 0.4) is 0 Å². The fourth-order valence-electron chi connectivity index (χ4n) is 0.772. The summed E-state index contributed by atoms with van der Waals surface area (Å²) in [6.45, 7) is 0. The van der Waals surface area contributed by atoms with Crippen LogP contribution < -0.4 is 0 Å². The van der Waals surface area contributed by atoms with Gasteiger partial charge in [-0.1, -0.05) is 0 Å². The summed E-state index contributed by atoms with van der Waals surface area (Å²) in [5, 5.41) is 13.9. The predicted octanol–water partition coefficient (Wildman–Crippen LogP) is 1.18. The number of nitrogens with one attached hydrogen (secondary N) is 1. The highest BCUT2D eigenvalue weighted by atomic mass is 32.1. The highest BCUT2D eigenvalue weighted by Gasteiger charge is 2.19. The maximum absolute atomic E-state index is 5.03. The Morgan fingerprint density at radius 3 is 3.09 bits per heavy atom. The van der Waals surface area contributed by atoms with Gasteiger partial charge in [0.1, 0.15) is 5.69 Å². The molecule has 2 heterocycles. The van der Waals surface area contributed by atoms with Crippen LogP contribution in [0.15, 0.2) is 22.5 Å². The highest BCUT2D eigenvalue weighted by Crippen LogP contribution is 2.22. The normalized spacial score (nSPS) is 22.2. The van der Waals surface area contributed by atoms with Crippen molar-refractivity contribution in [3.63, 3.8) is 0 Å². The molecule has 0 amide bonds. The van der Waals surface area contributed by atoms with Gasteiger partial charge in [0.15, 0.2) is 0 Å². The van der Waals surface area contributed by atoms with Crippen LogP contribution in [0.1, 0.15) is 11.9 Å². The zero-order valence-corrected chi connectivity index (χ0v) is 6.21. The Balaban J connectivity index is 2.21. The number of nitrogens with zero attached hydrogens (tertiary/aromatic N) is 3. The molecule has 1 aromatic heterocycles. The van der Waals surface area contributed by atoms with Crippen molar-refractivity contribution in [2.45, 2.75) is 6.23 Å². The number of aromatic amines is 1. The molecule has 0 fully saturated rings. The molecule has 0 radical (unpaired) electrons. The second kappa shape index (κ2) is 2.39. The lowest BCUT2D eigenvalue weighted by Crippen LogP contribution is -1.98. The summed E-state index contributed by atoms with van der Waals surface area (Å²) in [6, 6.07) is 1.76. The Hall–Kier alpha value is -1.30. The van der Waals surface area contributed by atoms with E-state index in [1.165, 1.54) is 0 Å². The Morgan fingerprint density at radius 1 is 1.64 bits per heavy atom. The number of azo groups is 1. The second-order valence-corrected chi connectivity index (χ2v) is 2.31. The minimum atomic E-state index is -0.426. The van der Waals surface area contributed by atoms with E-state index in [9.17, 15) is 0 Å². The maximum Gasteiger partial charge on any atom is 0.304 e. The van der Waals surface area contributed by atoms with Gasteiger partial charge >= 0.3 is 5.17 Å². The molecule has 6 heteroatoms. The van der Waals surface area contributed by atoms with Crippen molar-refractivity contribution in [3.05, 3.63) is 18.0 Å². The van der Waals surface area contributed by atoms with Gasteiger partial charge in [0.05, 0.1) is 0 Å². The minimum Gasteiger partial charge on any atom is -0.435 e. The van der Waals surface area contributed by atoms with Crippen molar-refractivity contribution in [2.75, 3.05) is 0 Å². The molecule has 2 rings (SSSR count). The predicted molar refractivity (Wildman–Crippen MR) is 39.9 cm³/mol. The Bertz CT molecular complexity index is 293. The molecule has 1 unspecified atom stereocenters. The molecule has 56 valence electrons. The third-order valence-corrected chi connectivity index (χ3v) is 1.42. The van der Waals surface area contributed by atoms with Crippen LogP contribution >= 0.6 is 12.2 Å². The summed E-state index contributed by atoms with van der Waals surface area (Å²) in [4.78, 5) is 0. The van der Waals surface area contributed by atoms with E-state index in [-0.39, 0.29) is 5.17 Å². The molecular weight excluding hydrogens is 164 g/mol. The standard InChI is InChI=1S/C5H4N4OS/c11-5-9-8-4(10-5)3-1-2-6-7-3/h1-2,4H,(H,6,7). The van der Waals surface area contributed by atoms with Crippen LogP contribution in [0.2, 0.25) is 0 Å². The van der Waals surface area contributed by atoms with Gasteiger partial charge in [-0.05, 0) is 18.3 Å². The first-order chi connectivity index (χ1) is 5.36. The molecule has 5 nitrogen and oxygen atoms in total. The van der Waals surface area contributed by atoms with Crippen molar-refractivity contribution < 1.29 is 4.74 Å². The van der Waals surface area contributed by atoms with Gasteiger partial charge in [-0.3, -0.25) is 5.10 Å². The molecule has 0 spiro atoms. The van der Waals surface area contributed by atoms with Crippen LogP contribution in [0.25, 0.3) is 0 Å². The van der Waals surface area contributed by atoms with E-state index in [1.54, 1.807) is 12.3 Å². The van der Waals surface area contributed by atoms with E-state index in [0.717, 1.165) is 5.69 Å². The largest absolute Gasteiger partial charge is 0.435 e. The van der Waals surface area contributed by atoms with Crippen LogP contribution in [0.4, 0.5) is 0 Å². The van der Waals surface area contributed by atoms with Gasteiger partial charge in [-0.25, -0.2) is 0 Å². The second-order valence-electron chi connectivity index (χ2n) is 1.96. The third kappa shape index (κ3) is 1.12. The summed E-state index contributed by atoms with van der Waals surface area (Å²) in [5.41, 5.74) is 0.758. The fraction of sp³-hybridized carbons (Fsp3) is 0.200. The van der Waals surface area contributed by atoms with E-state index in [0.29, 0.717) is 0 Å². The Labute approximate surface area is 67.5 Å². The monoisotopic (exact) mass is 168 g/mol. The first-order valence-electron chi connectivity index (χ1n) is 2.97. The quantitative estimate of drug-likeness (QED) is 0.640. The van der Waals surface area contributed by atoms with Gasteiger partial charge in [0.2, 0.25) is 0 Å². The Kier molecular flexibility index (Phi) is 1.39. The van der Waals surface area contributed by atoms with Gasteiger partial charge < -0.3 is 4.74 Å². The van der Waals surface area contributed by atoms with Crippen LogP contribution in [-0.2, 0) is 4.74 Å². The summed E-state index contributed by atoms with van der Waals surface area (Å²) < 4.78 is 5.03. The third-order valence-electron chi connectivity index (χ3n) is 1.25. The number of rotatable bonds is 1. The lowest BCUT2D eigenvalue weighted by Gasteiger charge is -2.00. The first kappa shape index (κ1) is 6.41. The number of hydrogen-bond donors (Lipinski definition) is 1. The first-order valence-corrected chi connectivity index (χ1v) is 3.38. The van der Waals surface area contributed by atoms with Crippen molar-refractivity contribution in [1.82, 2.24) is 10.2 Å². The van der Waals surface area contributed by atoms with Crippen LogP contribution in [0.5, 0.6) is 0 Å². The van der Waals surface area contributed by atoms with Gasteiger partial charge in [0.25, 0.3) is 6.23 Å². The van der Waals surface area contributed by atoms with Gasteiger partial charge in [-0.2, -0.15) is 5.10 Å². The smallest absolute Gasteiger partial charge is 0.304 e. The number of hydrogen-bond acceptors (Lipinski definition) is 4. The number of aromatic nitrogens is 2. The average Bonchev–Trinajstić information content (AvgIpc) is 2.55. The summed E-state index contributed by atoms with van der Waals surface area (Å²) in [6.07, 6.45) is 1.19. The summed E-state index contributed by atoms with van der Waals surface area (Å²) >= 11 is 4.65. The number of H-pyrrole nitrogens is 1. The maximum atomic E-state index is 5.03. The molecule has 1 aromatic rings. The lowest BCUT2D eigenvalue weighted by molar-refractivity contribution is 0.222. The zero-order valence-electron chi connectivity index (χ0n) is 5.39. The van der Waals surface area contributed by atoms with Crippen molar-refractivity contribution >= 4 is 17.4 Å². The summed E-state index contributed by atoms with van der Waals surface area (Å²) in [7, 11) is 0. The molecule has 0 saturated carbocycles. The fourth-order valence-corrected chi connectivity index (χ4v) is 0.910. The number of thiocarbonyl (C=S) groups is 1. The van der Waals surface area contributed by atoms with E-state index in [2.05, 4.69) is 32.6 Å². The van der Waals surface area contributed by atoms with E-state index >= 15 is 0 Å². The number of ether oxygens (including phenoxy) is 1. The van der Waals surface area contributed by atoms with E-state index < -0.39 is 6.23 Å².